The van der Waals surface area contributed by atoms with Crippen molar-refractivity contribution in [2.45, 2.75) is 25.6 Å². The Bertz CT molecular complexity index is 185. The molecule has 0 radical (unpaired) electrons. The Morgan fingerprint density at radius 3 is 2.82 bits per heavy atom. The first kappa shape index (κ1) is 9.69. The molecular weight excluding hydrogens is 153 g/mol. The lowest BCUT2D eigenvalue weighted by Gasteiger charge is -2.16. The Balaban J connectivity index is 3.81. The fraction of sp³-hybridized carbons (Fsp3) is 0.667. The SMILES string of the molecule is CC(F)(CCC#N)OC(=O)O. The smallest absolute Gasteiger partial charge is 0.450 e. The maximum atomic E-state index is 12.8. The number of carbonyl (C=O) groups is 1. The Morgan fingerprint density at radius 2 is 2.45 bits per heavy atom. The van der Waals surface area contributed by atoms with Gasteiger partial charge in [0.25, 0.3) is 5.85 Å². The molecule has 0 aromatic carbocycles. The summed E-state index contributed by atoms with van der Waals surface area (Å²) in [5.74, 6) is -2.25. The summed E-state index contributed by atoms with van der Waals surface area (Å²) in [5, 5.41) is 16.0. The number of ether oxygens (including phenoxy) is 1. The van der Waals surface area contributed by atoms with Gasteiger partial charge in [0.1, 0.15) is 0 Å². The molecule has 1 atom stereocenters. The summed E-state index contributed by atoms with van der Waals surface area (Å²) in [4.78, 5) is 9.83. The Labute approximate surface area is 63.2 Å². The van der Waals surface area contributed by atoms with Gasteiger partial charge in [0, 0.05) is 19.8 Å². The molecule has 1 N–H and O–H groups in total. The lowest BCUT2D eigenvalue weighted by molar-refractivity contribution is -0.101. The molecule has 0 aromatic heterocycles. The van der Waals surface area contributed by atoms with Crippen LogP contribution in [0, 0.1) is 11.3 Å². The summed E-state index contributed by atoms with van der Waals surface area (Å²) < 4.78 is 16.6. The Morgan fingerprint density at radius 1 is 1.91 bits per heavy atom. The van der Waals surface area contributed by atoms with Crippen molar-refractivity contribution in [3.05, 3.63) is 0 Å². The van der Waals surface area contributed by atoms with E-state index >= 15 is 0 Å². The van der Waals surface area contributed by atoms with Crippen molar-refractivity contribution in [2.75, 3.05) is 0 Å². The average Bonchev–Trinajstić information content (AvgIpc) is 1.81. The Hall–Kier alpha value is -1.31. The fourth-order valence-electron chi connectivity index (χ4n) is 0.512. The third-order valence-corrected chi connectivity index (χ3v) is 0.983. The molecule has 0 saturated heterocycles. The zero-order valence-corrected chi connectivity index (χ0v) is 6.00. The average molecular weight is 161 g/mol. The number of nitriles is 1. The number of rotatable bonds is 3. The van der Waals surface area contributed by atoms with E-state index in [0.717, 1.165) is 6.92 Å². The first-order valence-corrected chi connectivity index (χ1v) is 2.96. The second kappa shape index (κ2) is 3.76. The highest BCUT2D eigenvalue weighted by molar-refractivity contribution is 5.57. The van der Waals surface area contributed by atoms with Crippen molar-refractivity contribution < 1.29 is 19.0 Å². The van der Waals surface area contributed by atoms with Gasteiger partial charge in [-0.05, 0) is 0 Å². The topological polar surface area (TPSA) is 70.3 Å². The highest BCUT2D eigenvalue weighted by Gasteiger charge is 2.26. The third-order valence-electron chi connectivity index (χ3n) is 0.983. The van der Waals surface area contributed by atoms with E-state index in [1.54, 1.807) is 6.07 Å². The molecule has 4 nitrogen and oxygen atoms in total. The Kier molecular flexibility index (Phi) is 3.31. The number of halogens is 1. The molecular formula is C6H8FNO3. The molecule has 0 fully saturated rings. The molecule has 0 bridgehead atoms. The lowest BCUT2D eigenvalue weighted by atomic mass is 10.2. The van der Waals surface area contributed by atoms with E-state index in [2.05, 4.69) is 4.74 Å². The molecule has 0 rings (SSSR count). The van der Waals surface area contributed by atoms with Crippen molar-refractivity contribution in [3.8, 4) is 6.07 Å². The zero-order valence-electron chi connectivity index (χ0n) is 6.00. The quantitative estimate of drug-likeness (QED) is 0.639. The van der Waals surface area contributed by atoms with Gasteiger partial charge in [0.2, 0.25) is 0 Å². The number of alkyl halides is 1. The van der Waals surface area contributed by atoms with E-state index in [1.165, 1.54) is 0 Å². The number of carboxylic acid groups (broad SMARTS) is 1. The standard InChI is InChI=1S/C6H8FNO3/c1-6(7,3-2-4-8)11-5(9)10/h2-3H2,1H3,(H,9,10). The van der Waals surface area contributed by atoms with Crippen LogP contribution in [-0.2, 0) is 4.74 Å². The van der Waals surface area contributed by atoms with Gasteiger partial charge in [0.15, 0.2) is 0 Å². The molecule has 0 aliphatic rings. The third kappa shape index (κ3) is 5.15. The van der Waals surface area contributed by atoms with Crippen LogP contribution < -0.4 is 0 Å². The van der Waals surface area contributed by atoms with E-state index in [-0.39, 0.29) is 12.8 Å². The molecule has 0 aliphatic heterocycles. The van der Waals surface area contributed by atoms with Crippen molar-refractivity contribution in [1.82, 2.24) is 0 Å². The molecule has 0 heterocycles. The van der Waals surface area contributed by atoms with Gasteiger partial charge in [-0.15, -0.1) is 0 Å². The predicted molar refractivity (Wildman–Crippen MR) is 33.5 cm³/mol. The largest absolute Gasteiger partial charge is 0.508 e. The second-order valence-electron chi connectivity index (χ2n) is 2.13. The first-order chi connectivity index (χ1) is 4.98. The van der Waals surface area contributed by atoms with Crippen LogP contribution in [0.25, 0.3) is 0 Å². The van der Waals surface area contributed by atoms with Gasteiger partial charge in [-0.25, -0.2) is 4.79 Å². The number of hydrogen-bond acceptors (Lipinski definition) is 3. The zero-order chi connectivity index (χ0) is 8.91. The van der Waals surface area contributed by atoms with E-state index in [1.807, 2.05) is 0 Å². The summed E-state index contributed by atoms with van der Waals surface area (Å²) in [5.41, 5.74) is 0. The van der Waals surface area contributed by atoms with Crippen molar-refractivity contribution in [2.24, 2.45) is 0 Å². The molecule has 1 unspecified atom stereocenters. The summed E-state index contributed by atoms with van der Waals surface area (Å²) in [7, 11) is 0. The van der Waals surface area contributed by atoms with E-state index in [9.17, 15) is 9.18 Å². The van der Waals surface area contributed by atoms with E-state index < -0.39 is 12.0 Å². The van der Waals surface area contributed by atoms with Gasteiger partial charge < -0.3 is 9.84 Å². The van der Waals surface area contributed by atoms with Crippen molar-refractivity contribution in [3.63, 3.8) is 0 Å². The number of nitrogens with zero attached hydrogens (tertiary/aromatic N) is 1. The van der Waals surface area contributed by atoms with Gasteiger partial charge in [-0.3, -0.25) is 0 Å². The minimum absolute atomic E-state index is 0.0692. The molecule has 0 aliphatic carbocycles. The molecule has 0 amide bonds. The van der Waals surface area contributed by atoms with Crippen LogP contribution in [0.2, 0.25) is 0 Å². The van der Waals surface area contributed by atoms with Crippen LogP contribution in [0.3, 0.4) is 0 Å². The van der Waals surface area contributed by atoms with Crippen LogP contribution in [0.5, 0.6) is 0 Å². The van der Waals surface area contributed by atoms with Crippen LogP contribution >= 0.6 is 0 Å². The summed E-state index contributed by atoms with van der Waals surface area (Å²) in [6, 6.07) is 1.68. The molecule has 62 valence electrons. The molecule has 0 spiro atoms. The lowest BCUT2D eigenvalue weighted by Crippen LogP contribution is -2.25. The fourth-order valence-corrected chi connectivity index (χ4v) is 0.512. The maximum absolute atomic E-state index is 12.8. The van der Waals surface area contributed by atoms with Gasteiger partial charge in [-0.1, -0.05) is 0 Å². The molecule has 0 aromatic rings. The normalized spacial score (nSPS) is 14.6. The minimum atomic E-state index is -2.25. The maximum Gasteiger partial charge on any atom is 0.508 e. The summed E-state index contributed by atoms with van der Waals surface area (Å²) in [6.45, 7) is 0.971. The van der Waals surface area contributed by atoms with Crippen LogP contribution in [-0.4, -0.2) is 17.1 Å². The molecule has 0 saturated carbocycles. The van der Waals surface area contributed by atoms with Crippen LogP contribution in [0.4, 0.5) is 9.18 Å². The van der Waals surface area contributed by atoms with Gasteiger partial charge >= 0.3 is 6.16 Å². The van der Waals surface area contributed by atoms with Crippen molar-refractivity contribution >= 4 is 6.16 Å². The molecule has 5 heteroatoms. The second-order valence-corrected chi connectivity index (χ2v) is 2.13. The summed E-state index contributed by atoms with van der Waals surface area (Å²) in [6.07, 6.45) is -1.98. The van der Waals surface area contributed by atoms with Crippen LogP contribution in [0.1, 0.15) is 19.8 Å². The number of hydrogen-bond donors (Lipinski definition) is 1. The highest BCUT2D eigenvalue weighted by atomic mass is 19.2. The van der Waals surface area contributed by atoms with E-state index in [4.69, 9.17) is 10.4 Å². The van der Waals surface area contributed by atoms with Crippen molar-refractivity contribution in [1.29, 1.82) is 5.26 Å². The van der Waals surface area contributed by atoms with Gasteiger partial charge in [-0.2, -0.15) is 9.65 Å². The predicted octanol–water partition coefficient (Wildman–Crippen LogP) is 1.67. The monoisotopic (exact) mass is 161 g/mol. The van der Waals surface area contributed by atoms with Crippen LogP contribution in [0.15, 0.2) is 0 Å². The highest BCUT2D eigenvalue weighted by Crippen LogP contribution is 2.18. The first-order valence-electron chi connectivity index (χ1n) is 2.96. The summed E-state index contributed by atoms with van der Waals surface area (Å²) >= 11 is 0. The minimum Gasteiger partial charge on any atom is -0.450 e. The van der Waals surface area contributed by atoms with E-state index in [0.29, 0.717) is 0 Å². The molecule has 11 heavy (non-hydrogen) atoms. The van der Waals surface area contributed by atoms with Gasteiger partial charge in [0.05, 0.1) is 6.07 Å².